The van der Waals surface area contributed by atoms with Gasteiger partial charge in [-0.1, -0.05) is 23.7 Å². The summed E-state index contributed by atoms with van der Waals surface area (Å²) in [6.45, 7) is 0. The number of halogens is 1. The minimum atomic E-state index is 0.609. The number of aromatic nitrogens is 1. The topological polar surface area (TPSA) is 32.9 Å². The Morgan fingerprint density at radius 1 is 1.40 bits per heavy atom. The van der Waals surface area contributed by atoms with Gasteiger partial charge in [0.25, 0.3) is 0 Å². The van der Waals surface area contributed by atoms with Crippen molar-refractivity contribution >= 4 is 49.5 Å². The second-order valence-electron chi connectivity index (χ2n) is 3.30. The van der Waals surface area contributed by atoms with Crippen LogP contribution in [0.5, 0.6) is 0 Å². The molecule has 74 valence electrons. The van der Waals surface area contributed by atoms with E-state index in [2.05, 4.69) is 4.98 Å². The van der Waals surface area contributed by atoms with Gasteiger partial charge < -0.3 is 4.98 Å². The lowest BCUT2D eigenvalue weighted by Gasteiger charge is -1.91. The van der Waals surface area contributed by atoms with Crippen molar-refractivity contribution in [3.05, 3.63) is 35.0 Å². The number of carbonyl (C=O) groups excluding carboxylic acids is 1. The van der Waals surface area contributed by atoms with Gasteiger partial charge in [-0.25, -0.2) is 0 Å². The van der Waals surface area contributed by atoms with Gasteiger partial charge in [0.2, 0.25) is 0 Å². The SMILES string of the molecule is O=Cc1cc2sc3c(Cl)cccc3c2[nH]1. The fourth-order valence-corrected chi connectivity index (χ4v) is 3.12. The molecule has 0 saturated carbocycles. The lowest BCUT2D eigenvalue weighted by molar-refractivity contribution is 0.112. The molecule has 0 aliphatic carbocycles. The monoisotopic (exact) mass is 235 g/mol. The van der Waals surface area contributed by atoms with Gasteiger partial charge >= 0.3 is 0 Å². The Balaban J connectivity index is 2.50. The van der Waals surface area contributed by atoms with Gasteiger partial charge in [0, 0.05) is 5.39 Å². The summed E-state index contributed by atoms with van der Waals surface area (Å²) in [5.74, 6) is 0. The number of hydrogen-bond acceptors (Lipinski definition) is 2. The van der Waals surface area contributed by atoms with Gasteiger partial charge in [0.1, 0.15) is 0 Å². The summed E-state index contributed by atoms with van der Waals surface area (Å²) >= 11 is 7.69. The van der Waals surface area contributed by atoms with Crippen LogP contribution < -0.4 is 0 Å². The number of fused-ring (bicyclic) bond motifs is 3. The van der Waals surface area contributed by atoms with E-state index in [4.69, 9.17) is 11.6 Å². The van der Waals surface area contributed by atoms with Crippen molar-refractivity contribution in [1.82, 2.24) is 4.98 Å². The molecule has 4 heteroatoms. The summed E-state index contributed by atoms with van der Waals surface area (Å²) in [6.07, 6.45) is 0.823. The zero-order valence-electron chi connectivity index (χ0n) is 7.58. The highest BCUT2D eigenvalue weighted by molar-refractivity contribution is 7.26. The van der Waals surface area contributed by atoms with E-state index in [1.807, 2.05) is 24.3 Å². The maximum atomic E-state index is 10.6. The maximum Gasteiger partial charge on any atom is 0.166 e. The highest BCUT2D eigenvalue weighted by atomic mass is 35.5. The number of aromatic amines is 1. The molecule has 0 aliphatic rings. The molecule has 2 nitrogen and oxygen atoms in total. The fraction of sp³-hybridized carbons (Fsp3) is 0. The highest BCUT2D eigenvalue weighted by Crippen LogP contribution is 2.37. The molecule has 3 aromatic rings. The summed E-state index contributed by atoms with van der Waals surface area (Å²) in [5, 5.41) is 1.84. The minimum absolute atomic E-state index is 0.609. The number of aldehydes is 1. The first-order valence-corrected chi connectivity index (χ1v) is 5.64. The Labute approximate surface area is 94.5 Å². The normalized spacial score (nSPS) is 11.3. The lowest BCUT2D eigenvalue weighted by atomic mass is 10.2. The Hall–Kier alpha value is -1.32. The second kappa shape index (κ2) is 3.08. The number of thiophene rings is 1. The fourth-order valence-electron chi connectivity index (χ4n) is 1.72. The molecule has 0 fully saturated rings. The molecule has 2 aromatic heterocycles. The largest absolute Gasteiger partial charge is 0.351 e. The van der Waals surface area contributed by atoms with Crippen molar-refractivity contribution in [1.29, 1.82) is 0 Å². The van der Waals surface area contributed by atoms with Crippen LogP contribution in [0.4, 0.5) is 0 Å². The number of rotatable bonds is 1. The lowest BCUT2D eigenvalue weighted by Crippen LogP contribution is -1.75. The summed E-state index contributed by atoms with van der Waals surface area (Å²) in [7, 11) is 0. The van der Waals surface area contributed by atoms with Crippen molar-refractivity contribution in [2.75, 3.05) is 0 Å². The number of nitrogens with one attached hydrogen (secondary N) is 1. The van der Waals surface area contributed by atoms with Gasteiger partial charge in [-0.05, 0) is 12.1 Å². The molecule has 0 bridgehead atoms. The molecule has 0 amide bonds. The van der Waals surface area contributed by atoms with E-state index in [0.717, 1.165) is 31.6 Å². The zero-order valence-corrected chi connectivity index (χ0v) is 9.15. The third kappa shape index (κ3) is 1.20. The smallest absolute Gasteiger partial charge is 0.166 e. The average Bonchev–Trinajstić information content (AvgIpc) is 2.76. The van der Waals surface area contributed by atoms with Crippen molar-refractivity contribution in [3.8, 4) is 0 Å². The zero-order chi connectivity index (χ0) is 10.4. The number of benzene rings is 1. The maximum absolute atomic E-state index is 10.6. The standard InChI is InChI=1S/C11H6ClNOS/c12-8-3-1-2-7-10-9(15-11(7)8)4-6(5-14)13-10/h1-5,13H. The van der Waals surface area contributed by atoms with E-state index in [1.54, 1.807) is 11.3 Å². The van der Waals surface area contributed by atoms with Crippen LogP contribution in [-0.4, -0.2) is 11.3 Å². The van der Waals surface area contributed by atoms with Crippen LogP contribution in [0, 0.1) is 0 Å². The van der Waals surface area contributed by atoms with Gasteiger partial charge in [-0.15, -0.1) is 11.3 Å². The van der Waals surface area contributed by atoms with Crippen molar-refractivity contribution < 1.29 is 4.79 Å². The van der Waals surface area contributed by atoms with Gasteiger partial charge in [0.05, 0.1) is 25.6 Å². The van der Waals surface area contributed by atoms with Crippen LogP contribution in [0.25, 0.3) is 20.3 Å². The molecule has 0 saturated heterocycles. The first-order valence-electron chi connectivity index (χ1n) is 4.44. The quantitative estimate of drug-likeness (QED) is 0.639. The predicted octanol–water partition coefficient (Wildman–Crippen LogP) is 3.85. The van der Waals surface area contributed by atoms with Gasteiger partial charge in [-0.3, -0.25) is 4.79 Å². The molecule has 2 heterocycles. The van der Waals surface area contributed by atoms with Gasteiger partial charge in [0.15, 0.2) is 6.29 Å². The highest BCUT2D eigenvalue weighted by Gasteiger charge is 2.09. The third-order valence-corrected chi connectivity index (χ3v) is 3.99. The summed E-state index contributed by atoms with van der Waals surface area (Å²) in [6, 6.07) is 7.65. The minimum Gasteiger partial charge on any atom is -0.351 e. The summed E-state index contributed by atoms with van der Waals surface area (Å²) in [4.78, 5) is 13.7. The van der Waals surface area contributed by atoms with Gasteiger partial charge in [-0.2, -0.15) is 0 Å². The first-order chi connectivity index (χ1) is 7.29. The molecule has 1 aromatic carbocycles. The molecular weight excluding hydrogens is 230 g/mol. The van der Waals surface area contributed by atoms with Crippen LogP contribution in [0.15, 0.2) is 24.3 Å². The van der Waals surface area contributed by atoms with E-state index in [-0.39, 0.29) is 0 Å². The summed E-state index contributed by atoms with van der Waals surface area (Å²) < 4.78 is 2.14. The first kappa shape index (κ1) is 8.95. The van der Waals surface area contributed by atoms with Crippen LogP contribution in [0.2, 0.25) is 5.02 Å². The number of hydrogen-bond donors (Lipinski definition) is 1. The van der Waals surface area contributed by atoms with E-state index < -0.39 is 0 Å². The van der Waals surface area contributed by atoms with Crippen LogP contribution in [-0.2, 0) is 0 Å². The third-order valence-electron chi connectivity index (χ3n) is 2.38. The Morgan fingerprint density at radius 2 is 2.27 bits per heavy atom. The molecule has 0 atom stereocenters. The van der Waals surface area contributed by atoms with E-state index in [0.29, 0.717) is 5.69 Å². The molecule has 0 radical (unpaired) electrons. The Bertz CT molecular complexity index is 668. The molecule has 1 N–H and O–H groups in total. The molecule has 0 spiro atoms. The van der Waals surface area contributed by atoms with E-state index >= 15 is 0 Å². The average molecular weight is 236 g/mol. The predicted molar refractivity (Wildman–Crippen MR) is 64.1 cm³/mol. The number of H-pyrrole nitrogens is 1. The molecule has 15 heavy (non-hydrogen) atoms. The molecule has 0 aliphatic heterocycles. The number of carbonyl (C=O) groups is 1. The van der Waals surface area contributed by atoms with Crippen molar-refractivity contribution in [2.45, 2.75) is 0 Å². The van der Waals surface area contributed by atoms with Crippen LogP contribution in [0.3, 0.4) is 0 Å². The Kier molecular flexibility index (Phi) is 1.84. The van der Waals surface area contributed by atoms with Crippen LogP contribution >= 0.6 is 22.9 Å². The molecular formula is C11H6ClNOS. The second-order valence-corrected chi connectivity index (χ2v) is 4.76. The summed E-state index contributed by atoms with van der Waals surface area (Å²) in [5.41, 5.74) is 1.61. The molecule has 3 rings (SSSR count). The van der Waals surface area contributed by atoms with Crippen molar-refractivity contribution in [2.24, 2.45) is 0 Å². The molecule has 0 unspecified atom stereocenters. The van der Waals surface area contributed by atoms with E-state index in [1.165, 1.54) is 0 Å². The van der Waals surface area contributed by atoms with E-state index in [9.17, 15) is 4.79 Å². The van der Waals surface area contributed by atoms with Crippen molar-refractivity contribution in [3.63, 3.8) is 0 Å². The Morgan fingerprint density at radius 3 is 3.07 bits per heavy atom. The van der Waals surface area contributed by atoms with Crippen LogP contribution in [0.1, 0.15) is 10.5 Å².